The van der Waals surface area contributed by atoms with E-state index in [-0.39, 0.29) is 0 Å². The van der Waals surface area contributed by atoms with Crippen LogP contribution in [0.5, 0.6) is 11.5 Å². The van der Waals surface area contributed by atoms with Gasteiger partial charge in [0.2, 0.25) is 0 Å². The van der Waals surface area contributed by atoms with Crippen LogP contribution in [0.15, 0.2) is 54.6 Å². The van der Waals surface area contributed by atoms with Crippen LogP contribution in [0.1, 0.15) is 24.2 Å². The Morgan fingerprint density at radius 3 is 2.57 bits per heavy atom. The zero-order valence-electron chi connectivity index (χ0n) is 12.3. The lowest BCUT2D eigenvalue weighted by Crippen LogP contribution is -2.01. The van der Waals surface area contributed by atoms with Gasteiger partial charge in [0.15, 0.2) is 0 Å². The van der Waals surface area contributed by atoms with Crippen LogP contribution in [0.25, 0.3) is 6.08 Å². The van der Waals surface area contributed by atoms with E-state index in [9.17, 15) is 5.11 Å². The van der Waals surface area contributed by atoms with Crippen LogP contribution in [-0.2, 0) is 0 Å². The summed E-state index contributed by atoms with van der Waals surface area (Å²) in [5, 5.41) is 9.76. The van der Waals surface area contributed by atoms with Gasteiger partial charge in [-0.3, -0.25) is 0 Å². The minimum Gasteiger partial charge on any atom is -0.497 e. The summed E-state index contributed by atoms with van der Waals surface area (Å²) in [5.41, 5.74) is 1.88. The van der Waals surface area contributed by atoms with Gasteiger partial charge in [0.1, 0.15) is 18.1 Å². The molecule has 0 saturated heterocycles. The molecule has 3 heteroatoms. The Labute approximate surface area is 125 Å². The second-order valence-corrected chi connectivity index (χ2v) is 4.70. The third-order valence-corrected chi connectivity index (χ3v) is 3.12. The molecule has 1 N–H and O–H groups in total. The maximum atomic E-state index is 9.76. The molecule has 3 nitrogen and oxygen atoms in total. The summed E-state index contributed by atoms with van der Waals surface area (Å²) in [6.07, 6.45) is 3.37. The summed E-state index contributed by atoms with van der Waals surface area (Å²) in [6, 6.07) is 15.5. The normalized spacial score (nSPS) is 12.3. The molecule has 0 aliphatic rings. The molecule has 0 fully saturated rings. The van der Waals surface area contributed by atoms with E-state index in [2.05, 4.69) is 0 Å². The van der Waals surface area contributed by atoms with E-state index in [0.717, 1.165) is 11.1 Å². The van der Waals surface area contributed by atoms with E-state index in [1.165, 1.54) is 0 Å². The zero-order valence-corrected chi connectivity index (χ0v) is 12.3. The smallest absolute Gasteiger partial charge is 0.129 e. The van der Waals surface area contributed by atoms with E-state index in [1.807, 2.05) is 54.6 Å². The number of rotatable bonds is 6. The minimum atomic E-state index is -0.580. The Bertz CT molecular complexity index is 589. The minimum absolute atomic E-state index is 0.432. The molecule has 0 amide bonds. The highest BCUT2D eigenvalue weighted by Gasteiger charge is 2.10. The number of benzene rings is 2. The van der Waals surface area contributed by atoms with Crippen molar-refractivity contribution in [2.75, 3.05) is 13.7 Å². The Balaban J connectivity index is 2.03. The van der Waals surface area contributed by atoms with Crippen LogP contribution in [0.2, 0.25) is 0 Å². The molecule has 0 aliphatic heterocycles. The summed E-state index contributed by atoms with van der Waals surface area (Å²) in [4.78, 5) is 0. The number of methoxy groups -OCH3 is 1. The Kier molecular flexibility index (Phi) is 5.41. The van der Waals surface area contributed by atoms with Gasteiger partial charge >= 0.3 is 0 Å². The van der Waals surface area contributed by atoms with E-state index < -0.39 is 6.10 Å². The van der Waals surface area contributed by atoms with Gasteiger partial charge in [0.05, 0.1) is 13.2 Å². The second-order valence-electron chi connectivity index (χ2n) is 4.70. The monoisotopic (exact) mass is 284 g/mol. The van der Waals surface area contributed by atoms with Crippen molar-refractivity contribution in [1.82, 2.24) is 0 Å². The lowest BCUT2D eigenvalue weighted by molar-refractivity contribution is 0.192. The van der Waals surface area contributed by atoms with E-state index in [4.69, 9.17) is 9.47 Å². The van der Waals surface area contributed by atoms with Crippen molar-refractivity contribution in [2.24, 2.45) is 0 Å². The van der Waals surface area contributed by atoms with Crippen molar-refractivity contribution in [1.29, 1.82) is 0 Å². The predicted octanol–water partition coefficient (Wildman–Crippen LogP) is 3.84. The molecular weight excluding hydrogens is 264 g/mol. The summed E-state index contributed by atoms with van der Waals surface area (Å²) >= 11 is 0. The number of hydrogen-bond acceptors (Lipinski definition) is 3. The van der Waals surface area contributed by atoms with Crippen LogP contribution in [0, 0.1) is 0 Å². The van der Waals surface area contributed by atoms with Crippen LogP contribution >= 0.6 is 0 Å². The van der Waals surface area contributed by atoms with Crippen molar-refractivity contribution >= 4 is 6.08 Å². The molecule has 110 valence electrons. The maximum Gasteiger partial charge on any atom is 0.129 e. The molecule has 0 heterocycles. The van der Waals surface area contributed by atoms with Crippen LogP contribution in [0.4, 0.5) is 0 Å². The first-order valence-corrected chi connectivity index (χ1v) is 6.91. The van der Waals surface area contributed by atoms with Gasteiger partial charge in [-0.1, -0.05) is 36.4 Å². The fraction of sp³-hybridized carbons (Fsp3) is 0.222. The van der Waals surface area contributed by atoms with Gasteiger partial charge in [-0.05, 0) is 30.7 Å². The van der Waals surface area contributed by atoms with E-state index in [0.29, 0.717) is 18.1 Å². The molecule has 1 atom stereocenters. The lowest BCUT2D eigenvalue weighted by Gasteiger charge is -2.13. The van der Waals surface area contributed by atoms with Crippen molar-refractivity contribution in [3.8, 4) is 11.5 Å². The van der Waals surface area contributed by atoms with E-state index >= 15 is 0 Å². The highest BCUT2D eigenvalue weighted by molar-refractivity contribution is 5.49. The zero-order chi connectivity index (χ0) is 15.1. The van der Waals surface area contributed by atoms with Gasteiger partial charge in [0, 0.05) is 11.6 Å². The Hall–Kier alpha value is -2.26. The van der Waals surface area contributed by atoms with Gasteiger partial charge in [-0.15, -0.1) is 0 Å². The summed E-state index contributed by atoms with van der Waals surface area (Å²) in [7, 11) is 1.61. The quantitative estimate of drug-likeness (QED) is 0.876. The third kappa shape index (κ3) is 4.36. The lowest BCUT2D eigenvalue weighted by atomic mass is 10.1. The molecule has 0 radical (unpaired) electrons. The first kappa shape index (κ1) is 15.1. The van der Waals surface area contributed by atoms with Gasteiger partial charge in [-0.2, -0.15) is 0 Å². The fourth-order valence-electron chi connectivity index (χ4n) is 2.00. The fourth-order valence-corrected chi connectivity index (χ4v) is 2.00. The van der Waals surface area contributed by atoms with Crippen LogP contribution in [-0.4, -0.2) is 18.8 Å². The van der Waals surface area contributed by atoms with Crippen molar-refractivity contribution in [3.63, 3.8) is 0 Å². The standard InChI is InChI=1S/C18H20O3/c1-14(19)17-11-10-16(20-2)13-18(17)21-12-6-9-15-7-4-3-5-8-15/h3-11,13-14,19H,12H2,1-2H3/b9-6+/t14-/m0/s1. The summed E-state index contributed by atoms with van der Waals surface area (Å²) in [6.45, 7) is 2.15. The predicted molar refractivity (Wildman–Crippen MR) is 84.6 cm³/mol. The molecule has 2 rings (SSSR count). The molecule has 0 saturated carbocycles. The average Bonchev–Trinajstić information content (AvgIpc) is 2.52. The molecule has 2 aromatic carbocycles. The van der Waals surface area contributed by atoms with Crippen LogP contribution in [0.3, 0.4) is 0 Å². The SMILES string of the molecule is COc1ccc([C@H](C)O)c(OC/C=C/c2ccccc2)c1. The average molecular weight is 284 g/mol. The number of aliphatic hydroxyl groups excluding tert-OH is 1. The largest absolute Gasteiger partial charge is 0.497 e. The van der Waals surface area contributed by atoms with Crippen molar-refractivity contribution in [3.05, 3.63) is 65.7 Å². The molecule has 21 heavy (non-hydrogen) atoms. The van der Waals surface area contributed by atoms with Gasteiger partial charge < -0.3 is 14.6 Å². The molecule has 0 bridgehead atoms. The van der Waals surface area contributed by atoms with Crippen molar-refractivity contribution in [2.45, 2.75) is 13.0 Å². The van der Waals surface area contributed by atoms with Crippen LogP contribution < -0.4 is 9.47 Å². The second kappa shape index (κ2) is 7.50. The Morgan fingerprint density at radius 2 is 1.90 bits per heavy atom. The highest BCUT2D eigenvalue weighted by atomic mass is 16.5. The maximum absolute atomic E-state index is 9.76. The van der Waals surface area contributed by atoms with Gasteiger partial charge in [-0.25, -0.2) is 0 Å². The molecule has 0 spiro atoms. The molecular formula is C18H20O3. The Morgan fingerprint density at radius 1 is 1.14 bits per heavy atom. The summed E-state index contributed by atoms with van der Waals surface area (Å²) in [5.74, 6) is 1.35. The number of aliphatic hydroxyl groups is 1. The number of ether oxygens (including phenoxy) is 2. The molecule has 2 aromatic rings. The van der Waals surface area contributed by atoms with Gasteiger partial charge in [0.25, 0.3) is 0 Å². The first-order valence-electron chi connectivity index (χ1n) is 6.91. The molecule has 0 unspecified atom stereocenters. The van der Waals surface area contributed by atoms with E-state index in [1.54, 1.807) is 20.1 Å². The molecule has 0 aromatic heterocycles. The number of hydrogen-bond donors (Lipinski definition) is 1. The topological polar surface area (TPSA) is 38.7 Å². The first-order chi connectivity index (χ1) is 10.2. The third-order valence-electron chi connectivity index (χ3n) is 3.12. The molecule has 0 aliphatic carbocycles. The summed E-state index contributed by atoms with van der Waals surface area (Å²) < 4.78 is 10.9. The highest BCUT2D eigenvalue weighted by Crippen LogP contribution is 2.29. The van der Waals surface area contributed by atoms with Crippen molar-refractivity contribution < 1.29 is 14.6 Å².